The fourth-order valence-corrected chi connectivity index (χ4v) is 5.72. The van der Waals surface area contributed by atoms with Gasteiger partial charge in [-0.15, -0.1) is 0 Å². The van der Waals surface area contributed by atoms with Gasteiger partial charge in [-0.25, -0.2) is 0 Å². The molecular formula is C16H42N2O5Si2. The molecule has 0 aromatic rings. The fraction of sp³-hybridized carbons (Fsp3) is 1.00. The molecule has 0 radical (unpaired) electrons. The molecular weight excluding hydrogens is 356 g/mol. The molecule has 0 unspecified atom stereocenters. The lowest BCUT2D eigenvalue weighted by molar-refractivity contribution is 0.0725. The van der Waals surface area contributed by atoms with Gasteiger partial charge in [-0.1, -0.05) is 6.92 Å². The number of hydrogen-bond acceptors (Lipinski definition) is 7. The van der Waals surface area contributed by atoms with Crippen LogP contribution in [-0.4, -0.2) is 71.0 Å². The first-order valence-corrected chi connectivity index (χ1v) is 13.8. The first-order chi connectivity index (χ1) is 11.9. The van der Waals surface area contributed by atoms with Crippen LogP contribution in [0.15, 0.2) is 0 Å². The van der Waals surface area contributed by atoms with Crippen LogP contribution in [0.25, 0.3) is 0 Å². The minimum atomic E-state index is -2.27. The summed E-state index contributed by atoms with van der Waals surface area (Å²) in [4.78, 5) is 0. The Kier molecular flexibility index (Phi) is 19.2. The molecule has 0 aliphatic rings. The lowest BCUT2D eigenvalue weighted by atomic mass is 10.5. The van der Waals surface area contributed by atoms with Crippen LogP contribution in [0.4, 0.5) is 0 Å². The first-order valence-electron chi connectivity index (χ1n) is 9.35. The van der Waals surface area contributed by atoms with Crippen molar-refractivity contribution in [3.63, 3.8) is 0 Å². The van der Waals surface area contributed by atoms with Crippen molar-refractivity contribution in [2.24, 2.45) is 5.73 Å². The summed E-state index contributed by atoms with van der Waals surface area (Å²) in [5.41, 5.74) is 5.35. The highest BCUT2D eigenvalue weighted by atomic mass is 28.4. The highest BCUT2D eigenvalue weighted by Gasteiger charge is 2.37. The van der Waals surface area contributed by atoms with Gasteiger partial charge in [-0.05, 0) is 46.3 Å². The van der Waals surface area contributed by atoms with Gasteiger partial charge < -0.3 is 33.2 Å². The molecule has 0 atom stereocenters. The van der Waals surface area contributed by atoms with Crippen molar-refractivity contribution in [3.8, 4) is 0 Å². The standard InChI is InChI=1S/C8H22N2O2Si.C8H20O3Si/c1-11-13(3,12-2)8-4-6-10-7-5-9;1-5-9-12(8-4,10-6-2)11-7-3/h10H,4-9H2,1-3H3;5-8H2,1-4H3. The Hall–Kier alpha value is 0.154. The Morgan fingerprint density at radius 3 is 1.64 bits per heavy atom. The minimum Gasteiger partial charge on any atom is -0.398 e. The predicted octanol–water partition coefficient (Wildman–Crippen LogP) is 2.34. The summed E-state index contributed by atoms with van der Waals surface area (Å²) in [6.07, 6.45) is 1.09. The van der Waals surface area contributed by atoms with E-state index in [9.17, 15) is 0 Å². The van der Waals surface area contributed by atoms with E-state index in [0.717, 1.165) is 31.6 Å². The molecule has 0 bridgehead atoms. The van der Waals surface area contributed by atoms with E-state index in [1.54, 1.807) is 14.2 Å². The molecule has 0 rings (SSSR count). The quantitative estimate of drug-likeness (QED) is 0.323. The fourth-order valence-electron chi connectivity index (χ4n) is 2.14. The molecule has 3 N–H and O–H groups in total. The lowest BCUT2D eigenvalue weighted by Gasteiger charge is -2.26. The summed E-state index contributed by atoms with van der Waals surface area (Å²) in [7, 11) is -0.648. The van der Waals surface area contributed by atoms with E-state index in [0.29, 0.717) is 26.4 Å². The van der Waals surface area contributed by atoms with Crippen LogP contribution in [-0.2, 0) is 22.1 Å². The first kappa shape index (κ1) is 27.4. The van der Waals surface area contributed by atoms with Crippen LogP contribution in [0, 0.1) is 0 Å². The predicted molar refractivity (Wildman–Crippen MR) is 108 cm³/mol. The van der Waals surface area contributed by atoms with Crippen molar-refractivity contribution < 1.29 is 22.1 Å². The van der Waals surface area contributed by atoms with Crippen molar-refractivity contribution in [1.82, 2.24) is 5.32 Å². The Balaban J connectivity index is 0. The topological polar surface area (TPSA) is 84.2 Å². The normalized spacial score (nSPS) is 12.0. The van der Waals surface area contributed by atoms with Crippen LogP contribution in [0.5, 0.6) is 0 Å². The van der Waals surface area contributed by atoms with Gasteiger partial charge in [0, 0.05) is 53.2 Å². The van der Waals surface area contributed by atoms with Crippen molar-refractivity contribution in [1.29, 1.82) is 0 Å². The van der Waals surface area contributed by atoms with Gasteiger partial charge in [-0.3, -0.25) is 0 Å². The summed E-state index contributed by atoms with van der Waals surface area (Å²) < 4.78 is 27.4. The van der Waals surface area contributed by atoms with Crippen LogP contribution in [0.1, 0.15) is 34.1 Å². The summed E-state index contributed by atoms with van der Waals surface area (Å²) in [6, 6.07) is 1.88. The van der Waals surface area contributed by atoms with Crippen molar-refractivity contribution >= 4 is 17.4 Å². The molecule has 0 aliphatic heterocycles. The highest BCUT2D eigenvalue weighted by Crippen LogP contribution is 2.14. The molecule has 9 heteroatoms. The van der Waals surface area contributed by atoms with Gasteiger partial charge in [0.05, 0.1) is 0 Å². The molecule has 0 heterocycles. The molecule has 0 spiro atoms. The van der Waals surface area contributed by atoms with Gasteiger partial charge in [0.15, 0.2) is 0 Å². The highest BCUT2D eigenvalue weighted by molar-refractivity contribution is 6.65. The van der Waals surface area contributed by atoms with Gasteiger partial charge in [0.1, 0.15) is 0 Å². The smallest absolute Gasteiger partial charge is 0.398 e. The zero-order valence-electron chi connectivity index (χ0n) is 17.5. The molecule has 0 fully saturated rings. The summed E-state index contributed by atoms with van der Waals surface area (Å²) in [5, 5.41) is 3.24. The number of nitrogens with two attached hydrogens (primary N) is 1. The van der Waals surface area contributed by atoms with Crippen LogP contribution >= 0.6 is 0 Å². The number of hydrogen-bond donors (Lipinski definition) is 2. The molecule has 0 saturated carbocycles. The lowest BCUT2D eigenvalue weighted by Crippen LogP contribution is -2.45. The third-order valence-corrected chi connectivity index (χ3v) is 9.74. The zero-order valence-corrected chi connectivity index (χ0v) is 19.5. The Bertz CT molecular complexity index is 268. The van der Waals surface area contributed by atoms with E-state index in [1.165, 1.54) is 0 Å². The second-order valence-electron chi connectivity index (χ2n) is 5.52. The maximum absolute atomic E-state index is 5.55. The Labute approximate surface area is 157 Å². The van der Waals surface area contributed by atoms with E-state index >= 15 is 0 Å². The summed E-state index contributed by atoms with van der Waals surface area (Å²) in [5.74, 6) is 0. The Morgan fingerprint density at radius 2 is 1.32 bits per heavy atom. The second-order valence-corrected chi connectivity index (χ2v) is 12.0. The van der Waals surface area contributed by atoms with E-state index in [4.69, 9.17) is 27.9 Å². The third-order valence-electron chi connectivity index (χ3n) is 3.69. The molecule has 0 aromatic heterocycles. The average molecular weight is 399 g/mol. The van der Waals surface area contributed by atoms with Crippen LogP contribution in [0.2, 0.25) is 18.6 Å². The molecule has 154 valence electrons. The van der Waals surface area contributed by atoms with Crippen molar-refractivity contribution in [2.45, 2.75) is 52.8 Å². The number of rotatable bonds is 15. The van der Waals surface area contributed by atoms with E-state index in [-0.39, 0.29) is 0 Å². The molecule has 0 amide bonds. The molecule has 0 aromatic carbocycles. The largest absolute Gasteiger partial charge is 0.500 e. The third kappa shape index (κ3) is 13.9. The number of nitrogens with one attached hydrogen (secondary N) is 1. The maximum atomic E-state index is 5.55. The van der Waals surface area contributed by atoms with Gasteiger partial charge in [0.25, 0.3) is 0 Å². The van der Waals surface area contributed by atoms with Crippen LogP contribution < -0.4 is 11.1 Å². The van der Waals surface area contributed by atoms with Crippen molar-refractivity contribution in [3.05, 3.63) is 0 Å². The van der Waals surface area contributed by atoms with Gasteiger partial charge in [-0.2, -0.15) is 0 Å². The molecule has 25 heavy (non-hydrogen) atoms. The zero-order chi connectivity index (χ0) is 19.6. The molecule has 7 nitrogen and oxygen atoms in total. The van der Waals surface area contributed by atoms with E-state index in [1.807, 2.05) is 27.7 Å². The monoisotopic (exact) mass is 398 g/mol. The minimum absolute atomic E-state index is 0.667. The van der Waals surface area contributed by atoms with Gasteiger partial charge >= 0.3 is 17.4 Å². The summed E-state index contributed by atoms with van der Waals surface area (Å²) in [6.45, 7) is 14.6. The molecule has 0 saturated heterocycles. The van der Waals surface area contributed by atoms with Crippen molar-refractivity contribution in [2.75, 3.05) is 53.7 Å². The van der Waals surface area contributed by atoms with Crippen LogP contribution in [0.3, 0.4) is 0 Å². The molecule has 0 aliphatic carbocycles. The SMILES string of the molecule is CCO[Si](CC)(OCC)OCC.CO[Si](C)(CCCNCCN)OC. The second kappa shape index (κ2) is 17.6. The van der Waals surface area contributed by atoms with E-state index < -0.39 is 17.4 Å². The summed E-state index contributed by atoms with van der Waals surface area (Å²) >= 11 is 0. The van der Waals surface area contributed by atoms with E-state index in [2.05, 4.69) is 11.9 Å². The maximum Gasteiger partial charge on any atom is 0.500 e. The average Bonchev–Trinajstić information content (AvgIpc) is 2.62. The Morgan fingerprint density at radius 1 is 0.840 bits per heavy atom. The van der Waals surface area contributed by atoms with Gasteiger partial charge in [0.2, 0.25) is 0 Å².